The van der Waals surface area contributed by atoms with E-state index in [4.69, 9.17) is 19.4 Å². The van der Waals surface area contributed by atoms with Crippen LogP contribution in [0, 0.1) is 0 Å². The number of aliphatic hydroxyl groups excluding tert-OH is 1. The third-order valence-corrected chi connectivity index (χ3v) is 3.02. The molecule has 0 unspecified atom stereocenters. The lowest BCUT2D eigenvalue weighted by Gasteiger charge is -2.12. The standard InChI is InChI=1S/C16H12O5/c17-13-11-8-4-5-9-12(11)20-14(15(13)21-16(18)19)10-6-2-1-3-7-10/h1-9,16,18-19H. The number of benzene rings is 2. The van der Waals surface area contributed by atoms with E-state index in [1.807, 2.05) is 6.07 Å². The van der Waals surface area contributed by atoms with Gasteiger partial charge in [-0.1, -0.05) is 42.5 Å². The summed E-state index contributed by atoms with van der Waals surface area (Å²) in [7, 11) is 0. The molecule has 0 amide bonds. The van der Waals surface area contributed by atoms with Crippen LogP contribution in [0.5, 0.6) is 5.75 Å². The Morgan fingerprint density at radius 3 is 2.33 bits per heavy atom. The van der Waals surface area contributed by atoms with E-state index >= 15 is 0 Å². The number of hydrogen-bond acceptors (Lipinski definition) is 5. The maximum atomic E-state index is 12.5. The van der Waals surface area contributed by atoms with Crippen LogP contribution in [0.1, 0.15) is 0 Å². The van der Waals surface area contributed by atoms with Crippen LogP contribution in [0.2, 0.25) is 0 Å². The van der Waals surface area contributed by atoms with Crippen molar-refractivity contribution in [1.29, 1.82) is 0 Å². The molecule has 1 aromatic heterocycles. The van der Waals surface area contributed by atoms with Gasteiger partial charge < -0.3 is 19.4 Å². The summed E-state index contributed by atoms with van der Waals surface area (Å²) in [5.74, 6) is -0.0673. The molecule has 0 aliphatic heterocycles. The number of hydrogen-bond donors (Lipinski definition) is 2. The normalized spacial score (nSPS) is 11.0. The first-order chi connectivity index (χ1) is 10.2. The lowest BCUT2D eigenvalue weighted by atomic mass is 10.1. The third-order valence-electron chi connectivity index (χ3n) is 3.02. The summed E-state index contributed by atoms with van der Waals surface area (Å²) < 4.78 is 10.6. The monoisotopic (exact) mass is 284 g/mol. The molecule has 2 N–H and O–H groups in total. The first kappa shape index (κ1) is 13.4. The zero-order chi connectivity index (χ0) is 14.8. The van der Waals surface area contributed by atoms with E-state index in [2.05, 4.69) is 0 Å². The summed E-state index contributed by atoms with van der Waals surface area (Å²) in [5, 5.41) is 18.4. The van der Waals surface area contributed by atoms with Crippen LogP contribution in [0.3, 0.4) is 0 Å². The second-order valence-electron chi connectivity index (χ2n) is 4.40. The van der Waals surface area contributed by atoms with Crippen molar-refractivity contribution in [2.75, 3.05) is 0 Å². The van der Waals surface area contributed by atoms with Gasteiger partial charge in [-0.15, -0.1) is 0 Å². The van der Waals surface area contributed by atoms with Gasteiger partial charge in [-0.05, 0) is 12.1 Å². The third kappa shape index (κ3) is 2.52. The summed E-state index contributed by atoms with van der Waals surface area (Å²) in [5.41, 5.74) is 0.556. The molecule has 0 fully saturated rings. The van der Waals surface area contributed by atoms with Crippen LogP contribution in [0.15, 0.2) is 63.8 Å². The minimum absolute atomic E-state index is 0.160. The Labute approximate surface area is 119 Å². The van der Waals surface area contributed by atoms with Gasteiger partial charge in [-0.25, -0.2) is 0 Å². The van der Waals surface area contributed by atoms with Crippen molar-refractivity contribution in [3.8, 4) is 17.1 Å². The molecule has 5 nitrogen and oxygen atoms in total. The van der Waals surface area contributed by atoms with E-state index in [0.717, 1.165) is 0 Å². The molecule has 1 heterocycles. The first-order valence-electron chi connectivity index (χ1n) is 6.31. The van der Waals surface area contributed by atoms with Gasteiger partial charge in [0.1, 0.15) is 5.58 Å². The zero-order valence-electron chi connectivity index (χ0n) is 10.9. The Kier molecular flexibility index (Phi) is 3.43. The molecule has 3 rings (SSSR count). The molecule has 2 aromatic carbocycles. The first-order valence-corrected chi connectivity index (χ1v) is 6.31. The minimum atomic E-state index is -2.10. The summed E-state index contributed by atoms with van der Waals surface area (Å²) in [6, 6.07) is 15.6. The zero-order valence-corrected chi connectivity index (χ0v) is 10.9. The number of fused-ring (bicyclic) bond motifs is 1. The van der Waals surface area contributed by atoms with Crippen molar-refractivity contribution in [3.05, 3.63) is 64.8 Å². The van der Waals surface area contributed by atoms with Gasteiger partial charge in [-0.2, -0.15) is 0 Å². The number of aliphatic hydroxyl groups is 2. The van der Waals surface area contributed by atoms with Crippen molar-refractivity contribution >= 4 is 11.0 Å². The minimum Gasteiger partial charge on any atom is -0.452 e. The Hall–Kier alpha value is -2.63. The Bertz CT molecular complexity index is 821. The van der Waals surface area contributed by atoms with Crippen LogP contribution < -0.4 is 10.2 Å². The topological polar surface area (TPSA) is 79.9 Å². The molecule has 0 atom stereocenters. The molecule has 0 spiro atoms. The van der Waals surface area contributed by atoms with Crippen molar-refractivity contribution in [2.45, 2.75) is 6.48 Å². The largest absolute Gasteiger partial charge is 0.452 e. The molecule has 0 saturated carbocycles. The fraction of sp³-hybridized carbons (Fsp3) is 0.0625. The fourth-order valence-electron chi connectivity index (χ4n) is 2.12. The van der Waals surface area contributed by atoms with Crippen LogP contribution in [-0.2, 0) is 0 Å². The second kappa shape index (κ2) is 5.40. The van der Waals surface area contributed by atoms with Gasteiger partial charge in [0.15, 0.2) is 5.76 Å². The van der Waals surface area contributed by atoms with E-state index in [9.17, 15) is 4.79 Å². The highest BCUT2D eigenvalue weighted by molar-refractivity contribution is 5.81. The number of ether oxygens (including phenoxy) is 1. The van der Waals surface area contributed by atoms with E-state index in [1.54, 1.807) is 48.5 Å². The predicted octanol–water partition coefficient (Wildman–Crippen LogP) is 2.11. The van der Waals surface area contributed by atoms with Gasteiger partial charge in [0.25, 0.3) is 0 Å². The fourth-order valence-corrected chi connectivity index (χ4v) is 2.12. The molecule has 0 aliphatic carbocycles. The van der Waals surface area contributed by atoms with E-state index in [1.165, 1.54) is 0 Å². The van der Waals surface area contributed by atoms with Crippen molar-refractivity contribution in [1.82, 2.24) is 0 Å². The quantitative estimate of drug-likeness (QED) is 0.720. The number of para-hydroxylation sites is 1. The molecule has 3 aromatic rings. The van der Waals surface area contributed by atoms with Crippen LogP contribution in [0.4, 0.5) is 0 Å². The summed E-state index contributed by atoms with van der Waals surface area (Å²) >= 11 is 0. The molecule has 106 valence electrons. The summed E-state index contributed by atoms with van der Waals surface area (Å²) in [6.45, 7) is -2.10. The maximum absolute atomic E-state index is 12.5. The Morgan fingerprint density at radius 1 is 0.952 bits per heavy atom. The molecule has 0 aliphatic rings. The lowest BCUT2D eigenvalue weighted by molar-refractivity contribution is -0.180. The molecular formula is C16H12O5. The van der Waals surface area contributed by atoms with Crippen molar-refractivity contribution in [2.24, 2.45) is 0 Å². The van der Waals surface area contributed by atoms with E-state index in [-0.39, 0.29) is 11.5 Å². The molecule has 0 radical (unpaired) electrons. The highest BCUT2D eigenvalue weighted by Gasteiger charge is 2.19. The molecule has 21 heavy (non-hydrogen) atoms. The molecule has 5 heteroatoms. The van der Waals surface area contributed by atoms with Crippen LogP contribution >= 0.6 is 0 Å². The van der Waals surface area contributed by atoms with E-state index in [0.29, 0.717) is 16.5 Å². The van der Waals surface area contributed by atoms with Crippen molar-refractivity contribution in [3.63, 3.8) is 0 Å². The van der Waals surface area contributed by atoms with Crippen LogP contribution in [-0.4, -0.2) is 16.7 Å². The lowest BCUT2D eigenvalue weighted by Crippen LogP contribution is -2.19. The average molecular weight is 284 g/mol. The SMILES string of the molecule is O=c1c(OC(O)O)c(-c2ccccc2)oc2ccccc12. The second-order valence-corrected chi connectivity index (χ2v) is 4.40. The summed E-state index contributed by atoms with van der Waals surface area (Å²) in [6.07, 6.45) is 0. The highest BCUT2D eigenvalue weighted by atomic mass is 16.7. The molecule has 0 bridgehead atoms. The number of rotatable bonds is 3. The smallest absolute Gasteiger partial charge is 0.311 e. The van der Waals surface area contributed by atoms with Gasteiger partial charge in [0, 0.05) is 5.56 Å². The van der Waals surface area contributed by atoms with Gasteiger partial charge >= 0.3 is 6.48 Å². The van der Waals surface area contributed by atoms with Crippen molar-refractivity contribution < 1.29 is 19.4 Å². The summed E-state index contributed by atoms with van der Waals surface area (Å²) in [4.78, 5) is 12.5. The molecule has 0 saturated heterocycles. The maximum Gasteiger partial charge on any atom is 0.311 e. The Balaban J connectivity index is 2.33. The van der Waals surface area contributed by atoms with Gasteiger partial charge in [0.05, 0.1) is 5.39 Å². The predicted molar refractivity (Wildman–Crippen MR) is 76.8 cm³/mol. The molecular weight excluding hydrogens is 272 g/mol. The average Bonchev–Trinajstić information content (AvgIpc) is 2.50. The van der Waals surface area contributed by atoms with Crippen LogP contribution in [0.25, 0.3) is 22.3 Å². The van der Waals surface area contributed by atoms with Gasteiger partial charge in [0.2, 0.25) is 11.2 Å². The van der Waals surface area contributed by atoms with Gasteiger partial charge in [-0.3, -0.25) is 4.79 Å². The Morgan fingerprint density at radius 2 is 1.62 bits per heavy atom. The highest BCUT2D eigenvalue weighted by Crippen LogP contribution is 2.30. The van der Waals surface area contributed by atoms with E-state index < -0.39 is 11.9 Å².